The molecule has 130 valence electrons. The quantitative estimate of drug-likeness (QED) is 0.775. The van der Waals surface area contributed by atoms with Crippen molar-refractivity contribution in [1.82, 2.24) is 10.1 Å². The second-order valence-electron chi connectivity index (χ2n) is 5.79. The van der Waals surface area contributed by atoms with Crippen LogP contribution in [0, 0.1) is 13.8 Å². The average Bonchev–Trinajstić information content (AvgIpc) is 2.88. The van der Waals surface area contributed by atoms with Gasteiger partial charge in [-0.05, 0) is 32.4 Å². The number of nitrogens with zero attached hydrogens (tertiary/aromatic N) is 2. The van der Waals surface area contributed by atoms with Gasteiger partial charge in [-0.1, -0.05) is 30.6 Å². The van der Waals surface area contributed by atoms with Crippen LogP contribution in [0.1, 0.15) is 36.8 Å². The Balaban J connectivity index is 2.01. The van der Waals surface area contributed by atoms with E-state index in [1.165, 1.54) is 0 Å². The van der Waals surface area contributed by atoms with Crippen molar-refractivity contribution in [3.8, 4) is 5.75 Å². The Hall–Kier alpha value is -2.50. The topological polar surface area (TPSA) is 67.6 Å². The van der Waals surface area contributed by atoms with E-state index < -0.39 is 0 Å². The summed E-state index contributed by atoms with van der Waals surface area (Å²) < 4.78 is 10.9. The minimum absolute atomic E-state index is 0.207. The number of unbranched alkanes of at least 4 members (excludes halogenated alkanes) is 1. The van der Waals surface area contributed by atoms with E-state index in [0.717, 1.165) is 29.9 Å². The molecule has 0 radical (unpaired) electrons. The van der Waals surface area contributed by atoms with E-state index in [0.29, 0.717) is 24.6 Å². The molecule has 0 atom stereocenters. The number of carbonyl (C=O) groups excluding carboxylic acids is 1. The van der Waals surface area contributed by atoms with Gasteiger partial charge in [0.2, 0.25) is 0 Å². The first kappa shape index (κ1) is 17.8. The fourth-order valence-electron chi connectivity index (χ4n) is 2.27. The Morgan fingerprint density at radius 2 is 2.08 bits per heavy atom. The van der Waals surface area contributed by atoms with Crippen molar-refractivity contribution < 1.29 is 14.1 Å². The highest BCUT2D eigenvalue weighted by atomic mass is 16.5. The van der Waals surface area contributed by atoms with Crippen LogP contribution in [-0.4, -0.2) is 29.7 Å². The molecule has 0 saturated heterocycles. The summed E-state index contributed by atoms with van der Waals surface area (Å²) in [7, 11) is 1.74. The molecule has 0 aliphatic carbocycles. The van der Waals surface area contributed by atoms with E-state index in [1.54, 1.807) is 11.9 Å². The lowest BCUT2D eigenvalue weighted by atomic mass is 10.2. The number of amides is 2. The molecule has 0 spiro atoms. The summed E-state index contributed by atoms with van der Waals surface area (Å²) in [6.07, 6.45) is 2.04. The zero-order valence-corrected chi connectivity index (χ0v) is 14.8. The van der Waals surface area contributed by atoms with Gasteiger partial charge in [-0.2, -0.15) is 0 Å². The third-order valence-corrected chi connectivity index (χ3v) is 3.81. The van der Waals surface area contributed by atoms with Gasteiger partial charge in [0.05, 0.1) is 24.5 Å². The van der Waals surface area contributed by atoms with Crippen molar-refractivity contribution in [2.24, 2.45) is 0 Å². The Morgan fingerprint density at radius 1 is 1.33 bits per heavy atom. The highest BCUT2D eigenvalue weighted by molar-refractivity contribution is 5.90. The Labute approximate surface area is 142 Å². The molecule has 0 unspecified atom stereocenters. The summed E-state index contributed by atoms with van der Waals surface area (Å²) in [5.74, 6) is 1.42. The molecule has 0 aliphatic rings. The molecule has 6 nitrogen and oxygen atoms in total. The average molecular weight is 331 g/mol. The molecule has 1 N–H and O–H groups in total. The lowest BCUT2D eigenvalue weighted by molar-refractivity contribution is 0.220. The standard InChI is InChI=1S/C18H25N3O3/c1-5-6-11-23-17-10-8-7-9-16(17)19-18(22)21(4)12-15-13(2)20-24-14(15)3/h7-10H,5-6,11-12H2,1-4H3,(H,19,22). The predicted molar refractivity (Wildman–Crippen MR) is 93.3 cm³/mol. The molecule has 6 heteroatoms. The Morgan fingerprint density at radius 3 is 2.75 bits per heavy atom. The molecule has 0 saturated carbocycles. The molecule has 2 rings (SSSR count). The number of anilines is 1. The van der Waals surface area contributed by atoms with E-state index >= 15 is 0 Å². The molecule has 1 heterocycles. The van der Waals surface area contributed by atoms with Crippen LogP contribution in [0.25, 0.3) is 0 Å². The van der Waals surface area contributed by atoms with Gasteiger partial charge in [-0.3, -0.25) is 0 Å². The number of urea groups is 1. The number of hydrogen-bond donors (Lipinski definition) is 1. The van der Waals surface area contributed by atoms with Gasteiger partial charge in [0, 0.05) is 12.6 Å². The molecule has 0 bridgehead atoms. The Bertz CT molecular complexity index is 662. The number of para-hydroxylation sites is 2. The van der Waals surface area contributed by atoms with Crippen LogP contribution < -0.4 is 10.1 Å². The SMILES string of the molecule is CCCCOc1ccccc1NC(=O)N(C)Cc1c(C)noc1C. The van der Waals surface area contributed by atoms with Crippen LogP contribution in [0.3, 0.4) is 0 Å². The maximum atomic E-state index is 12.5. The van der Waals surface area contributed by atoms with Crippen molar-refractivity contribution in [2.75, 3.05) is 19.0 Å². The number of hydrogen-bond acceptors (Lipinski definition) is 4. The third kappa shape index (κ3) is 4.50. The minimum Gasteiger partial charge on any atom is -0.491 e. The molecule has 24 heavy (non-hydrogen) atoms. The number of carbonyl (C=O) groups is 1. The van der Waals surface area contributed by atoms with Crippen molar-refractivity contribution in [3.05, 3.63) is 41.3 Å². The van der Waals surface area contributed by atoms with Crippen LogP contribution in [0.4, 0.5) is 10.5 Å². The van der Waals surface area contributed by atoms with Crippen LogP contribution in [0.5, 0.6) is 5.75 Å². The van der Waals surface area contributed by atoms with Gasteiger partial charge in [-0.15, -0.1) is 0 Å². The van der Waals surface area contributed by atoms with Crippen molar-refractivity contribution in [3.63, 3.8) is 0 Å². The molecule has 0 aliphatic heterocycles. The lowest BCUT2D eigenvalue weighted by Gasteiger charge is -2.19. The number of ether oxygens (including phenoxy) is 1. The molecule has 1 aromatic heterocycles. The van der Waals surface area contributed by atoms with Crippen LogP contribution in [0.2, 0.25) is 0 Å². The van der Waals surface area contributed by atoms with E-state index in [9.17, 15) is 4.79 Å². The van der Waals surface area contributed by atoms with Crippen LogP contribution in [-0.2, 0) is 6.54 Å². The summed E-state index contributed by atoms with van der Waals surface area (Å²) in [6, 6.07) is 7.25. The minimum atomic E-state index is -0.207. The molecule has 2 aromatic rings. The van der Waals surface area contributed by atoms with Gasteiger partial charge < -0.3 is 19.5 Å². The highest BCUT2D eigenvalue weighted by Crippen LogP contribution is 2.24. The first-order chi connectivity index (χ1) is 11.5. The van der Waals surface area contributed by atoms with Crippen LogP contribution >= 0.6 is 0 Å². The zero-order valence-electron chi connectivity index (χ0n) is 14.8. The second kappa shape index (κ2) is 8.38. The fourth-order valence-corrected chi connectivity index (χ4v) is 2.27. The molecule has 2 amide bonds. The molecular weight excluding hydrogens is 306 g/mol. The van der Waals surface area contributed by atoms with Crippen molar-refractivity contribution >= 4 is 11.7 Å². The summed E-state index contributed by atoms with van der Waals surface area (Å²) in [4.78, 5) is 14.0. The molecule has 0 fully saturated rings. The van der Waals surface area contributed by atoms with Gasteiger partial charge in [-0.25, -0.2) is 4.79 Å². The predicted octanol–water partition coefficient (Wildman–Crippen LogP) is 4.13. The van der Waals surface area contributed by atoms with Gasteiger partial charge in [0.15, 0.2) is 0 Å². The van der Waals surface area contributed by atoms with Gasteiger partial charge in [0.1, 0.15) is 11.5 Å². The fraction of sp³-hybridized carbons (Fsp3) is 0.444. The first-order valence-corrected chi connectivity index (χ1v) is 8.18. The van der Waals surface area contributed by atoms with Gasteiger partial charge in [0.25, 0.3) is 0 Å². The first-order valence-electron chi connectivity index (χ1n) is 8.18. The van der Waals surface area contributed by atoms with E-state index in [-0.39, 0.29) is 6.03 Å². The normalized spacial score (nSPS) is 10.5. The Kier molecular flexibility index (Phi) is 6.23. The van der Waals surface area contributed by atoms with Crippen molar-refractivity contribution in [2.45, 2.75) is 40.2 Å². The van der Waals surface area contributed by atoms with Crippen molar-refractivity contribution in [1.29, 1.82) is 0 Å². The molecule has 1 aromatic carbocycles. The number of rotatable bonds is 7. The zero-order chi connectivity index (χ0) is 17.5. The lowest BCUT2D eigenvalue weighted by Crippen LogP contribution is -2.31. The highest BCUT2D eigenvalue weighted by Gasteiger charge is 2.16. The van der Waals surface area contributed by atoms with Crippen LogP contribution in [0.15, 0.2) is 28.8 Å². The maximum absolute atomic E-state index is 12.5. The summed E-state index contributed by atoms with van der Waals surface area (Å²) in [5.41, 5.74) is 2.40. The smallest absolute Gasteiger partial charge is 0.321 e. The van der Waals surface area contributed by atoms with Gasteiger partial charge >= 0.3 is 6.03 Å². The number of benzene rings is 1. The monoisotopic (exact) mass is 331 g/mol. The summed E-state index contributed by atoms with van der Waals surface area (Å²) in [6.45, 7) is 6.90. The maximum Gasteiger partial charge on any atom is 0.321 e. The second-order valence-corrected chi connectivity index (χ2v) is 5.79. The number of aryl methyl sites for hydroxylation is 2. The third-order valence-electron chi connectivity index (χ3n) is 3.81. The largest absolute Gasteiger partial charge is 0.491 e. The van der Waals surface area contributed by atoms with E-state index in [1.807, 2.05) is 38.1 Å². The molecular formula is C18H25N3O3. The van der Waals surface area contributed by atoms with E-state index in [4.69, 9.17) is 9.26 Å². The number of nitrogens with one attached hydrogen (secondary N) is 1. The summed E-state index contributed by atoms with van der Waals surface area (Å²) >= 11 is 0. The number of aromatic nitrogens is 1. The summed E-state index contributed by atoms with van der Waals surface area (Å²) in [5, 5.41) is 6.81. The van der Waals surface area contributed by atoms with E-state index in [2.05, 4.69) is 17.4 Å².